The summed E-state index contributed by atoms with van der Waals surface area (Å²) < 4.78 is 16.5. The van der Waals surface area contributed by atoms with E-state index in [2.05, 4.69) is 15.2 Å². The summed E-state index contributed by atoms with van der Waals surface area (Å²) in [6.07, 6.45) is 3.48. The maximum atomic E-state index is 5.97. The van der Waals surface area contributed by atoms with E-state index in [0.717, 1.165) is 38.5 Å². The number of rotatable bonds is 9. The molecule has 0 aliphatic carbocycles. The topological polar surface area (TPSA) is 55.3 Å². The third-order valence-electron chi connectivity index (χ3n) is 3.75. The summed E-state index contributed by atoms with van der Waals surface area (Å²) in [5.41, 5.74) is 0.831. The van der Waals surface area contributed by atoms with Gasteiger partial charge in [-0.1, -0.05) is 23.2 Å². The predicted octanol–water partition coefficient (Wildman–Crippen LogP) is 3.31. The van der Waals surface area contributed by atoms with Crippen LogP contribution in [-0.4, -0.2) is 70.5 Å². The molecule has 1 aliphatic heterocycles. The lowest BCUT2D eigenvalue weighted by Crippen LogP contribution is -2.38. The van der Waals surface area contributed by atoms with Gasteiger partial charge in [-0.05, 0) is 18.2 Å². The molecule has 144 valence electrons. The number of aliphatic imine (C=N–C) groups is 1. The molecule has 1 heterocycles. The second-order valence-corrected chi connectivity index (χ2v) is 6.40. The Bertz CT molecular complexity index is 605. The molecule has 1 aromatic carbocycles. The van der Waals surface area contributed by atoms with Gasteiger partial charge in [0.1, 0.15) is 6.61 Å². The molecule has 8 heteroatoms. The van der Waals surface area contributed by atoms with E-state index in [4.69, 9.17) is 37.4 Å². The molecule has 0 saturated carbocycles. The third-order valence-corrected chi connectivity index (χ3v) is 4.49. The van der Waals surface area contributed by atoms with E-state index in [-0.39, 0.29) is 0 Å². The Morgan fingerprint density at radius 1 is 1.23 bits per heavy atom. The molecule has 0 atom stereocenters. The first-order valence-electron chi connectivity index (χ1n) is 8.54. The van der Waals surface area contributed by atoms with Gasteiger partial charge in [-0.15, -0.1) is 0 Å². The van der Waals surface area contributed by atoms with Gasteiger partial charge in [0, 0.05) is 44.6 Å². The number of hydrogen-bond donors (Lipinski definition) is 1. The van der Waals surface area contributed by atoms with Crippen LogP contribution in [0.2, 0.25) is 10.0 Å². The highest BCUT2D eigenvalue weighted by atomic mass is 35.5. The average Bonchev–Trinajstić information content (AvgIpc) is 2.66. The van der Waals surface area contributed by atoms with Gasteiger partial charge in [-0.25, -0.2) is 0 Å². The van der Waals surface area contributed by atoms with Gasteiger partial charge in [0.05, 0.1) is 36.5 Å². The minimum atomic E-state index is 0.451. The van der Waals surface area contributed by atoms with Crippen LogP contribution in [0.5, 0.6) is 0 Å². The molecule has 6 nitrogen and oxygen atoms in total. The number of hydrogen-bond acceptors (Lipinski definition) is 6. The highest BCUT2D eigenvalue weighted by Crippen LogP contribution is 2.24. The van der Waals surface area contributed by atoms with Crippen LogP contribution in [0.25, 0.3) is 0 Å². The number of anilines is 1. The molecular weight excluding hydrogens is 377 g/mol. The smallest absolute Gasteiger partial charge is 0.209 e. The van der Waals surface area contributed by atoms with Crippen LogP contribution in [-0.2, 0) is 14.2 Å². The van der Waals surface area contributed by atoms with Crippen molar-refractivity contribution in [1.82, 2.24) is 4.90 Å². The Hall–Kier alpha value is -1.31. The first-order valence-corrected chi connectivity index (χ1v) is 9.30. The van der Waals surface area contributed by atoms with Crippen LogP contribution >= 0.6 is 23.2 Å². The van der Waals surface area contributed by atoms with E-state index in [1.807, 2.05) is 6.07 Å². The Kier molecular flexibility index (Phi) is 9.81. The van der Waals surface area contributed by atoms with Crippen molar-refractivity contribution >= 4 is 34.8 Å². The van der Waals surface area contributed by atoms with Crippen molar-refractivity contribution in [2.24, 2.45) is 4.99 Å². The summed E-state index contributed by atoms with van der Waals surface area (Å²) in [6, 6.07) is 5.32. The SMILES string of the molecule is C/N=C(\C=C/Nc1ccc(Cl)c(Cl)c1)OCCOCCN1CCOCC1. The molecular formula is C18H25Cl2N3O3. The van der Waals surface area contributed by atoms with Crippen LogP contribution in [0.4, 0.5) is 5.69 Å². The Labute approximate surface area is 164 Å². The standard InChI is InChI=1S/C18H25Cl2N3O3/c1-21-18(4-5-22-15-2-3-16(19)17(20)14-15)26-13-12-25-11-8-23-6-9-24-10-7-23/h2-5,14,22H,6-13H2,1H3/b5-4-,21-18+. The molecule has 1 fully saturated rings. The first-order chi connectivity index (χ1) is 12.7. The molecule has 26 heavy (non-hydrogen) atoms. The van der Waals surface area contributed by atoms with E-state index in [0.29, 0.717) is 35.8 Å². The van der Waals surface area contributed by atoms with Crippen molar-refractivity contribution in [3.05, 3.63) is 40.5 Å². The molecule has 0 radical (unpaired) electrons. The third kappa shape index (κ3) is 7.93. The van der Waals surface area contributed by atoms with Crippen LogP contribution < -0.4 is 5.32 Å². The van der Waals surface area contributed by atoms with Crippen molar-refractivity contribution in [3.8, 4) is 0 Å². The lowest BCUT2D eigenvalue weighted by atomic mass is 10.3. The Balaban J connectivity index is 1.58. The minimum Gasteiger partial charge on any atom is -0.475 e. The summed E-state index contributed by atoms with van der Waals surface area (Å²) in [5, 5.41) is 4.12. The molecule has 0 aromatic heterocycles. The summed E-state index contributed by atoms with van der Waals surface area (Å²) in [5.74, 6) is 0.523. The van der Waals surface area contributed by atoms with Gasteiger partial charge < -0.3 is 19.5 Å². The lowest BCUT2D eigenvalue weighted by molar-refractivity contribution is 0.0166. The minimum absolute atomic E-state index is 0.451. The zero-order valence-corrected chi connectivity index (χ0v) is 16.4. The number of benzene rings is 1. The van der Waals surface area contributed by atoms with E-state index < -0.39 is 0 Å². The Morgan fingerprint density at radius 2 is 2.04 bits per heavy atom. The summed E-state index contributed by atoms with van der Waals surface area (Å²) in [7, 11) is 1.68. The largest absolute Gasteiger partial charge is 0.475 e. The lowest BCUT2D eigenvalue weighted by Gasteiger charge is -2.26. The van der Waals surface area contributed by atoms with Crippen molar-refractivity contribution in [2.75, 3.05) is 65.0 Å². The number of morpholine rings is 1. The van der Waals surface area contributed by atoms with Crippen LogP contribution in [0.15, 0.2) is 35.5 Å². The molecule has 1 saturated heterocycles. The van der Waals surface area contributed by atoms with Crippen LogP contribution in [0, 0.1) is 0 Å². The molecule has 1 aromatic rings. The number of nitrogens with zero attached hydrogens (tertiary/aromatic N) is 2. The first kappa shape index (κ1) is 21.0. The molecule has 0 bridgehead atoms. The maximum Gasteiger partial charge on any atom is 0.209 e. The van der Waals surface area contributed by atoms with Crippen molar-refractivity contribution < 1.29 is 14.2 Å². The highest BCUT2D eigenvalue weighted by Gasteiger charge is 2.09. The Morgan fingerprint density at radius 3 is 2.77 bits per heavy atom. The van der Waals surface area contributed by atoms with Crippen molar-refractivity contribution in [1.29, 1.82) is 0 Å². The molecule has 1 aliphatic rings. The fourth-order valence-electron chi connectivity index (χ4n) is 2.31. The number of nitrogens with one attached hydrogen (secondary N) is 1. The predicted molar refractivity (Wildman–Crippen MR) is 107 cm³/mol. The molecule has 0 unspecified atom stereocenters. The second-order valence-electron chi connectivity index (χ2n) is 5.58. The number of halogens is 2. The molecule has 2 rings (SSSR count). The normalized spacial score (nSPS) is 16.2. The average molecular weight is 402 g/mol. The summed E-state index contributed by atoms with van der Waals surface area (Å²) in [4.78, 5) is 6.42. The van der Waals surface area contributed by atoms with E-state index >= 15 is 0 Å². The van der Waals surface area contributed by atoms with E-state index in [1.54, 1.807) is 31.5 Å². The van der Waals surface area contributed by atoms with Crippen molar-refractivity contribution in [3.63, 3.8) is 0 Å². The highest BCUT2D eigenvalue weighted by molar-refractivity contribution is 6.42. The fourth-order valence-corrected chi connectivity index (χ4v) is 2.61. The van der Waals surface area contributed by atoms with Gasteiger partial charge in [0.25, 0.3) is 0 Å². The summed E-state index contributed by atoms with van der Waals surface area (Å²) in [6.45, 7) is 6.16. The second kappa shape index (κ2) is 12.1. The zero-order chi connectivity index (χ0) is 18.6. The maximum absolute atomic E-state index is 5.97. The van der Waals surface area contributed by atoms with Crippen LogP contribution in [0.3, 0.4) is 0 Å². The van der Waals surface area contributed by atoms with Crippen LogP contribution in [0.1, 0.15) is 0 Å². The zero-order valence-electron chi connectivity index (χ0n) is 14.9. The van der Waals surface area contributed by atoms with E-state index in [1.165, 1.54) is 0 Å². The van der Waals surface area contributed by atoms with E-state index in [9.17, 15) is 0 Å². The van der Waals surface area contributed by atoms with Gasteiger partial charge >= 0.3 is 0 Å². The fraction of sp³-hybridized carbons (Fsp3) is 0.500. The number of ether oxygens (including phenoxy) is 3. The monoisotopic (exact) mass is 401 g/mol. The van der Waals surface area contributed by atoms with Gasteiger partial charge in [-0.3, -0.25) is 9.89 Å². The molecule has 0 spiro atoms. The van der Waals surface area contributed by atoms with Gasteiger partial charge in [-0.2, -0.15) is 0 Å². The van der Waals surface area contributed by atoms with Crippen molar-refractivity contribution in [2.45, 2.75) is 0 Å². The summed E-state index contributed by atoms with van der Waals surface area (Å²) >= 11 is 11.9. The van der Waals surface area contributed by atoms with Gasteiger partial charge in [0.2, 0.25) is 5.90 Å². The molecule has 0 amide bonds. The van der Waals surface area contributed by atoms with Gasteiger partial charge in [0.15, 0.2) is 0 Å². The quantitative estimate of drug-likeness (QED) is 0.390. The molecule has 1 N–H and O–H groups in total.